The van der Waals surface area contributed by atoms with E-state index in [1.54, 1.807) is 55.3 Å². The third kappa shape index (κ3) is 3.38. The number of nitrogens with zero attached hydrogens (tertiary/aromatic N) is 3. The lowest BCUT2D eigenvalue weighted by Crippen LogP contribution is -2.20. The van der Waals surface area contributed by atoms with Crippen molar-refractivity contribution in [2.75, 3.05) is 19.5 Å². The van der Waals surface area contributed by atoms with E-state index >= 15 is 0 Å². The van der Waals surface area contributed by atoms with Crippen LogP contribution in [-0.2, 0) is 0 Å². The number of fused-ring (bicyclic) bond motifs is 2. The molecule has 0 aliphatic carbocycles. The summed E-state index contributed by atoms with van der Waals surface area (Å²) in [5.74, 6) is 0.780. The van der Waals surface area contributed by atoms with E-state index in [2.05, 4.69) is 15.6 Å². The zero-order chi connectivity index (χ0) is 21.5. The number of rotatable bonds is 5. The Morgan fingerprint density at radius 2 is 1.81 bits per heavy atom. The molecule has 0 saturated carbocycles. The maximum atomic E-state index is 12.3. The molecule has 0 radical (unpaired) electrons. The minimum atomic E-state index is -0.443. The highest BCUT2D eigenvalue weighted by Crippen LogP contribution is 2.33. The second kappa shape index (κ2) is 8.20. The Morgan fingerprint density at radius 1 is 1.00 bits per heavy atom. The van der Waals surface area contributed by atoms with Crippen LogP contribution in [0, 0.1) is 0 Å². The molecule has 2 aromatic heterocycles. The third-order valence-electron chi connectivity index (χ3n) is 5.08. The Morgan fingerprint density at radius 3 is 2.59 bits per heavy atom. The van der Waals surface area contributed by atoms with E-state index in [-0.39, 0.29) is 12.4 Å². The lowest BCUT2D eigenvalue weighted by molar-refractivity contribution is 0.0880. The first-order chi connectivity index (χ1) is 15.1. The van der Waals surface area contributed by atoms with Crippen LogP contribution < -0.4 is 20.1 Å². The molecular formula is C22H18ClN5O4. The molecule has 0 unspecified atom stereocenters. The number of benzene rings is 2. The van der Waals surface area contributed by atoms with E-state index in [4.69, 9.17) is 14.5 Å². The molecule has 10 heteroatoms. The number of aromatic nitrogens is 3. The predicted molar refractivity (Wildman–Crippen MR) is 120 cm³/mol. The predicted octanol–water partition coefficient (Wildman–Crippen LogP) is 3.46. The number of nitrogens with one attached hydrogen (secondary N) is 2. The summed E-state index contributed by atoms with van der Waals surface area (Å²) in [6.45, 7) is 0. The van der Waals surface area contributed by atoms with Crippen molar-refractivity contribution in [2.45, 2.75) is 0 Å². The number of ether oxygens (including phenoxy) is 2. The van der Waals surface area contributed by atoms with E-state index in [9.17, 15) is 9.59 Å². The Labute approximate surface area is 188 Å². The molecule has 2 N–H and O–H groups in total. The summed E-state index contributed by atoms with van der Waals surface area (Å²) < 4.78 is 12.5. The number of imide groups is 1. The minimum absolute atomic E-state index is 0. The SMILES string of the molecule is COc1ccc(-c2cc3nccn3c(Nc3cccc4c3C(=O)NC4=O)n2)cc1OC.Cl. The molecule has 4 aromatic rings. The lowest BCUT2D eigenvalue weighted by atomic mass is 10.1. The molecule has 2 amide bonds. The zero-order valence-corrected chi connectivity index (χ0v) is 17.9. The number of methoxy groups -OCH3 is 2. The fourth-order valence-electron chi connectivity index (χ4n) is 3.60. The van der Waals surface area contributed by atoms with E-state index in [0.29, 0.717) is 45.6 Å². The van der Waals surface area contributed by atoms with Crippen molar-refractivity contribution >= 4 is 41.5 Å². The van der Waals surface area contributed by atoms with Crippen molar-refractivity contribution in [3.8, 4) is 22.8 Å². The van der Waals surface area contributed by atoms with Crippen LogP contribution in [0.1, 0.15) is 20.7 Å². The molecule has 3 heterocycles. The molecule has 1 aliphatic heterocycles. The van der Waals surface area contributed by atoms with Crippen molar-refractivity contribution in [3.05, 3.63) is 66.0 Å². The maximum Gasteiger partial charge on any atom is 0.261 e. The average Bonchev–Trinajstić information content (AvgIpc) is 3.38. The second-order valence-electron chi connectivity index (χ2n) is 6.83. The average molecular weight is 452 g/mol. The molecule has 2 aromatic carbocycles. The molecule has 1 aliphatic rings. The molecule has 0 bridgehead atoms. The van der Waals surface area contributed by atoms with Gasteiger partial charge in [-0.05, 0) is 30.3 Å². The van der Waals surface area contributed by atoms with Crippen molar-refractivity contribution in [1.29, 1.82) is 0 Å². The lowest BCUT2D eigenvalue weighted by Gasteiger charge is -2.13. The van der Waals surface area contributed by atoms with Crippen LogP contribution in [-0.4, -0.2) is 40.4 Å². The Bertz CT molecular complexity index is 1370. The number of halogens is 1. The molecule has 162 valence electrons. The number of imidazole rings is 1. The largest absolute Gasteiger partial charge is 0.493 e. The fraction of sp³-hybridized carbons (Fsp3) is 0.0909. The Kier molecular flexibility index (Phi) is 5.41. The van der Waals surface area contributed by atoms with Gasteiger partial charge in [-0.1, -0.05) is 6.07 Å². The van der Waals surface area contributed by atoms with Gasteiger partial charge in [0.25, 0.3) is 11.8 Å². The van der Waals surface area contributed by atoms with Gasteiger partial charge in [-0.2, -0.15) is 0 Å². The molecule has 0 saturated heterocycles. The topological polar surface area (TPSA) is 107 Å². The van der Waals surface area contributed by atoms with Crippen molar-refractivity contribution in [1.82, 2.24) is 19.7 Å². The Hall–Kier alpha value is -4.11. The Balaban J connectivity index is 0.00000245. The zero-order valence-electron chi connectivity index (χ0n) is 17.1. The van der Waals surface area contributed by atoms with Gasteiger partial charge >= 0.3 is 0 Å². The monoisotopic (exact) mass is 451 g/mol. The number of carbonyl (C=O) groups is 2. The number of anilines is 2. The summed E-state index contributed by atoms with van der Waals surface area (Å²) >= 11 is 0. The first-order valence-corrected chi connectivity index (χ1v) is 9.41. The number of hydrogen-bond acceptors (Lipinski definition) is 7. The van der Waals surface area contributed by atoms with E-state index in [0.717, 1.165) is 5.56 Å². The van der Waals surface area contributed by atoms with Gasteiger partial charge < -0.3 is 14.8 Å². The van der Waals surface area contributed by atoms with Crippen molar-refractivity contribution in [3.63, 3.8) is 0 Å². The van der Waals surface area contributed by atoms with Gasteiger partial charge in [0, 0.05) is 24.0 Å². The van der Waals surface area contributed by atoms with Crippen LogP contribution in [0.2, 0.25) is 0 Å². The quantitative estimate of drug-likeness (QED) is 0.447. The third-order valence-corrected chi connectivity index (χ3v) is 5.08. The number of amides is 2. The second-order valence-corrected chi connectivity index (χ2v) is 6.83. The standard InChI is InChI=1S/C22H17N5O4.ClH/c1-30-16-7-6-12(10-17(16)31-2)15-11-18-23-8-9-27(18)22(25-15)24-14-5-3-4-13-19(14)21(29)26-20(13)28;/h3-11H,1-2H3,(H,24,25)(H,26,28,29);1H. The van der Waals surface area contributed by atoms with Gasteiger partial charge in [-0.15, -0.1) is 12.4 Å². The summed E-state index contributed by atoms with van der Waals surface area (Å²) in [6, 6.07) is 12.4. The molecule has 9 nitrogen and oxygen atoms in total. The van der Waals surface area contributed by atoms with Crippen LogP contribution >= 0.6 is 12.4 Å². The van der Waals surface area contributed by atoms with Gasteiger partial charge in [0.05, 0.1) is 36.7 Å². The van der Waals surface area contributed by atoms with Crippen LogP contribution in [0.5, 0.6) is 11.5 Å². The molecule has 0 spiro atoms. The van der Waals surface area contributed by atoms with E-state index in [1.165, 1.54) is 0 Å². The summed E-state index contributed by atoms with van der Waals surface area (Å²) in [5.41, 5.74) is 3.21. The molecule has 0 atom stereocenters. The molecule has 0 fully saturated rings. The van der Waals surface area contributed by atoms with Crippen LogP contribution in [0.3, 0.4) is 0 Å². The minimum Gasteiger partial charge on any atom is -0.493 e. The van der Waals surface area contributed by atoms with Gasteiger partial charge in [0.15, 0.2) is 11.5 Å². The van der Waals surface area contributed by atoms with E-state index in [1.807, 2.05) is 18.2 Å². The highest BCUT2D eigenvalue weighted by molar-refractivity contribution is 6.24. The highest BCUT2D eigenvalue weighted by Gasteiger charge is 2.29. The van der Waals surface area contributed by atoms with Crippen LogP contribution in [0.4, 0.5) is 11.6 Å². The van der Waals surface area contributed by atoms with Gasteiger partial charge in [-0.25, -0.2) is 9.97 Å². The van der Waals surface area contributed by atoms with Crippen molar-refractivity contribution in [2.24, 2.45) is 0 Å². The van der Waals surface area contributed by atoms with Crippen LogP contribution in [0.15, 0.2) is 54.9 Å². The normalized spacial score (nSPS) is 12.2. The van der Waals surface area contributed by atoms with Gasteiger partial charge in [-0.3, -0.25) is 19.3 Å². The smallest absolute Gasteiger partial charge is 0.261 e. The van der Waals surface area contributed by atoms with Gasteiger partial charge in [0.2, 0.25) is 5.95 Å². The summed E-state index contributed by atoms with van der Waals surface area (Å²) in [6.07, 6.45) is 3.42. The highest BCUT2D eigenvalue weighted by atomic mass is 35.5. The number of carbonyl (C=O) groups excluding carboxylic acids is 2. The summed E-state index contributed by atoms with van der Waals surface area (Å²) in [4.78, 5) is 33.4. The van der Waals surface area contributed by atoms with Crippen LogP contribution in [0.25, 0.3) is 16.9 Å². The summed E-state index contributed by atoms with van der Waals surface area (Å²) in [7, 11) is 3.15. The van der Waals surface area contributed by atoms with E-state index < -0.39 is 11.8 Å². The molecule has 32 heavy (non-hydrogen) atoms. The van der Waals surface area contributed by atoms with Gasteiger partial charge in [0.1, 0.15) is 5.65 Å². The molecule has 5 rings (SSSR count). The first-order valence-electron chi connectivity index (χ1n) is 9.41. The summed E-state index contributed by atoms with van der Waals surface area (Å²) in [5, 5.41) is 5.51. The van der Waals surface area contributed by atoms with Crippen molar-refractivity contribution < 1.29 is 19.1 Å². The maximum absolute atomic E-state index is 12.3. The molecular weight excluding hydrogens is 434 g/mol. The first kappa shape index (κ1) is 21.1. The number of hydrogen-bond donors (Lipinski definition) is 2. The fourth-order valence-corrected chi connectivity index (χ4v) is 3.60.